The summed E-state index contributed by atoms with van der Waals surface area (Å²) >= 11 is 0. The van der Waals surface area contributed by atoms with Crippen LogP contribution in [0.3, 0.4) is 0 Å². The van der Waals surface area contributed by atoms with Crippen LogP contribution >= 0.6 is 0 Å². The lowest BCUT2D eigenvalue weighted by Gasteiger charge is -2.40. The Morgan fingerprint density at radius 1 is 1.22 bits per heavy atom. The Balaban J connectivity index is 1.86. The first-order chi connectivity index (χ1) is 11.0. The molecular weight excluding hydrogens is 290 g/mol. The first kappa shape index (κ1) is 16.2. The maximum absolute atomic E-state index is 13.2. The molecular formula is C19H27NO3. The zero-order valence-electron chi connectivity index (χ0n) is 14.4. The summed E-state index contributed by atoms with van der Waals surface area (Å²) < 4.78 is 11.3. The van der Waals surface area contributed by atoms with E-state index in [1.807, 2.05) is 32.0 Å². The van der Waals surface area contributed by atoms with Crippen molar-refractivity contribution in [3.63, 3.8) is 0 Å². The van der Waals surface area contributed by atoms with Crippen LogP contribution in [0.2, 0.25) is 0 Å². The molecule has 0 N–H and O–H groups in total. The van der Waals surface area contributed by atoms with Crippen LogP contribution in [0.1, 0.15) is 52.0 Å². The van der Waals surface area contributed by atoms with Crippen molar-refractivity contribution < 1.29 is 14.3 Å². The topological polar surface area (TPSA) is 38.8 Å². The second-order valence-electron chi connectivity index (χ2n) is 7.04. The second kappa shape index (κ2) is 6.42. The third-order valence-corrected chi connectivity index (χ3v) is 5.16. The van der Waals surface area contributed by atoms with Gasteiger partial charge in [-0.25, -0.2) is 0 Å². The van der Waals surface area contributed by atoms with Crippen molar-refractivity contribution in [2.75, 3.05) is 19.8 Å². The van der Waals surface area contributed by atoms with Crippen LogP contribution in [-0.2, 0) is 10.2 Å². The van der Waals surface area contributed by atoms with E-state index in [4.69, 9.17) is 9.47 Å². The van der Waals surface area contributed by atoms with Crippen LogP contribution in [0.4, 0.5) is 0 Å². The van der Waals surface area contributed by atoms with Gasteiger partial charge in [-0.05, 0) is 57.2 Å². The van der Waals surface area contributed by atoms with E-state index < -0.39 is 5.41 Å². The Bertz CT molecular complexity index is 582. The van der Waals surface area contributed by atoms with Crippen LogP contribution in [0.5, 0.6) is 11.5 Å². The van der Waals surface area contributed by atoms with Gasteiger partial charge < -0.3 is 14.4 Å². The van der Waals surface area contributed by atoms with Gasteiger partial charge in [-0.1, -0.05) is 13.0 Å². The zero-order valence-corrected chi connectivity index (χ0v) is 14.4. The number of hydrogen-bond donors (Lipinski definition) is 0. The van der Waals surface area contributed by atoms with E-state index in [1.165, 1.54) is 6.42 Å². The van der Waals surface area contributed by atoms with Gasteiger partial charge in [0, 0.05) is 12.6 Å². The van der Waals surface area contributed by atoms with E-state index in [0.717, 1.165) is 42.9 Å². The van der Waals surface area contributed by atoms with Crippen molar-refractivity contribution in [2.45, 2.75) is 57.9 Å². The standard InChI is InChI=1S/C19H27NO3/c1-4-15-7-5-6-10-20(15)18(21)19(2,3)14-8-9-16-17(13-14)23-12-11-22-16/h8-9,13,15H,4-7,10-12H2,1-3H3. The van der Waals surface area contributed by atoms with Crippen molar-refractivity contribution in [1.82, 2.24) is 4.90 Å². The molecule has 1 amide bonds. The highest BCUT2D eigenvalue weighted by atomic mass is 16.6. The van der Waals surface area contributed by atoms with Gasteiger partial charge in [0.05, 0.1) is 5.41 Å². The van der Waals surface area contributed by atoms with E-state index in [2.05, 4.69) is 11.8 Å². The highest BCUT2D eigenvalue weighted by molar-refractivity contribution is 5.88. The van der Waals surface area contributed by atoms with Crippen LogP contribution < -0.4 is 9.47 Å². The van der Waals surface area contributed by atoms with Gasteiger partial charge in [0.2, 0.25) is 5.91 Å². The van der Waals surface area contributed by atoms with Crippen molar-refractivity contribution in [3.05, 3.63) is 23.8 Å². The van der Waals surface area contributed by atoms with Gasteiger partial charge >= 0.3 is 0 Å². The minimum absolute atomic E-state index is 0.223. The highest BCUT2D eigenvalue weighted by Gasteiger charge is 2.37. The van der Waals surface area contributed by atoms with Crippen molar-refractivity contribution >= 4 is 5.91 Å². The molecule has 2 heterocycles. The lowest BCUT2D eigenvalue weighted by atomic mass is 9.81. The highest BCUT2D eigenvalue weighted by Crippen LogP contribution is 2.37. The second-order valence-corrected chi connectivity index (χ2v) is 7.04. The van der Waals surface area contributed by atoms with Crippen molar-refractivity contribution in [3.8, 4) is 11.5 Å². The first-order valence-electron chi connectivity index (χ1n) is 8.75. The molecule has 1 atom stereocenters. The predicted molar refractivity (Wildman–Crippen MR) is 90.1 cm³/mol. The van der Waals surface area contributed by atoms with Gasteiger partial charge in [0.1, 0.15) is 13.2 Å². The summed E-state index contributed by atoms with van der Waals surface area (Å²) in [5.41, 5.74) is 0.438. The molecule has 2 aliphatic heterocycles. The third kappa shape index (κ3) is 3.04. The number of rotatable bonds is 3. The van der Waals surface area contributed by atoms with E-state index in [9.17, 15) is 4.79 Å². The molecule has 4 nitrogen and oxygen atoms in total. The van der Waals surface area contributed by atoms with E-state index in [-0.39, 0.29) is 5.91 Å². The largest absolute Gasteiger partial charge is 0.486 e. The molecule has 0 bridgehead atoms. The number of carbonyl (C=O) groups excluding carboxylic acids is 1. The molecule has 126 valence electrons. The Morgan fingerprint density at radius 2 is 1.96 bits per heavy atom. The molecule has 0 aromatic heterocycles. The van der Waals surface area contributed by atoms with E-state index in [0.29, 0.717) is 19.3 Å². The van der Waals surface area contributed by atoms with Crippen molar-refractivity contribution in [2.24, 2.45) is 0 Å². The van der Waals surface area contributed by atoms with Gasteiger partial charge in [-0.2, -0.15) is 0 Å². The fourth-order valence-electron chi connectivity index (χ4n) is 3.61. The van der Waals surface area contributed by atoms with Crippen molar-refractivity contribution in [1.29, 1.82) is 0 Å². The molecule has 0 radical (unpaired) electrons. The number of likely N-dealkylation sites (tertiary alicyclic amines) is 1. The summed E-state index contributed by atoms with van der Waals surface area (Å²) in [6.45, 7) is 8.23. The van der Waals surface area contributed by atoms with E-state index in [1.54, 1.807) is 0 Å². The summed E-state index contributed by atoms with van der Waals surface area (Å²) in [6, 6.07) is 6.27. The number of ether oxygens (including phenoxy) is 2. The molecule has 0 saturated carbocycles. The summed E-state index contributed by atoms with van der Waals surface area (Å²) in [6.07, 6.45) is 4.49. The Labute approximate surface area is 138 Å². The summed E-state index contributed by atoms with van der Waals surface area (Å²) in [7, 11) is 0. The first-order valence-corrected chi connectivity index (χ1v) is 8.75. The Hall–Kier alpha value is -1.71. The number of benzene rings is 1. The molecule has 1 fully saturated rings. The smallest absolute Gasteiger partial charge is 0.232 e. The van der Waals surface area contributed by atoms with Gasteiger partial charge in [0.15, 0.2) is 11.5 Å². The zero-order chi connectivity index (χ0) is 16.4. The molecule has 1 unspecified atom stereocenters. The molecule has 4 heteroatoms. The lowest BCUT2D eigenvalue weighted by Crippen LogP contribution is -2.50. The third-order valence-electron chi connectivity index (χ3n) is 5.16. The molecule has 0 aliphatic carbocycles. The maximum atomic E-state index is 13.2. The predicted octanol–water partition coefficient (Wildman–Crippen LogP) is 3.53. The normalized spacial score (nSPS) is 21.2. The lowest BCUT2D eigenvalue weighted by molar-refractivity contribution is -0.140. The number of nitrogens with zero attached hydrogens (tertiary/aromatic N) is 1. The van der Waals surface area contributed by atoms with Gasteiger partial charge in [-0.15, -0.1) is 0 Å². The minimum Gasteiger partial charge on any atom is -0.486 e. The molecule has 1 saturated heterocycles. The average molecular weight is 317 g/mol. The SMILES string of the molecule is CCC1CCCCN1C(=O)C(C)(C)c1ccc2c(c1)OCCO2. The average Bonchev–Trinajstić information content (AvgIpc) is 2.60. The molecule has 23 heavy (non-hydrogen) atoms. The van der Waals surface area contributed by atoms with Crippen LogP contribution in [-0.4, -0.2) is 36.6 Å². The maximum Gasteiger partial charge on any atom is 0.232 e. The molecule has 0 spiro atoms. The van der Waals surface area contributed by atoms with Crippen LogP contribution in [0.15, 0.2) is 18.2 Å². The molecule has 3 rings (SSSR count). The number of carbonyl (C=O) groups is 1. The monoisotopic (exact) mass is 317 g/mol. The summed E-state index contributed by atoms with van der Waals surface area (Å²) in [5.74, 6) is 1.74. The van der Waals surface area contributed by atoms with Gasteiger partial charge in [0.25, 0.3) is 0 Å². The van der Waals surface area contributed by atoms with Gasteiger partial charge in [-0.3, -0.25) is 4.79 Å². The molecule has 1 aromatic carbocycles. The minimum atomic E-state index is -0.555. The fraction of sp³-hybridized carbons (Fsp3) is 0.632. The number of amides is 1. The van der Waals surface area contributed by atoms with E-state index >= 15 is 0 Å². The Kier molecular flexibility index (Phi) is 4.51. The van der Waals surface area contributed by atoms with Crippen LogP contribution in [0, 0.1) is 0 Å². The van der Waals surface area contributed by atoms with Crippen LogP contribution in [0.25, 0.3) is 0 Å². The molecule has 2 aliphatic rings. The number of fused-ring (bicyclic) bond motifs is 1. The number of piperidine rings is 1. The quantitative estimate of drug-likeness (QED) is 0.856. The number of hydrogen-bond acceptors (Lipinski definition) is 3. The fourth-order valence-corrected chi connectivity index (χ4v) is 3.61. The summed E-state index contributed by atoms with van der Waals surface area (Å²) in [5, 5.41) is 0. The summed E-state index contributed by atoms with van der Waals surface area (Å²) in [4.78, 5) is 15.3. The molecule has 1 aromatic rings. The Morgan fingerprint density at radius 3 is 2.70 bits per heavy atom.